The molecule has 0 radical (unpaired) electrons. The Morgan fingerprint density at radius 3 is 1.54 bits per heavy atom. The summed E-state index contributed by atoms with van der Waals surface area (Å²) >= 11 is 0. The second kappa shape index (κ2) is 6.84. The third kappa shape index (κ3) is 2.90. The van der Waals surface area contributed by atoms with Crippen molar-refractivity contribution in [3.63, 3.8) is 0 Å². The van der Waals surface area contributed by atoms with Gasteiger partial charge in [-0.1, -0.05) is 24.3 Å². The van der Waals surface area contributed by atoms with Crippen molar-refractivity contribution in [2.45, 2.75) is 37.9 Å². The molecule has 2 unspecified atom stereocenters. The number of fused-ring (bicyclic) bond motifs is 2. The first-order valence-corrected chi connectivity index (χ1v) is 8.05. The molecule has 4 rings (SSSR count). The molecule has 2 N–H and O–H groups in total. The molecule has 0 amide bonds. The Bertz CT molecular complexity index is 774. The zero-order valence-electron chi connectivity index (χ0n) is 13.2. The van der Waals surface area contributed by atoms with E-state index in [-0.39, 0.29) is 12.2 Å². The molecule has 2 aromatic carbocycles. The van der Waals surface area contributed by atoms with Crippen molar-refractivity contribution in [2.24, 2.45) is 0 Å². The van der Waals surface area contributed by atoms with Gasteiger partial charge < -0.3 is 10.2 Å². The van der Waals surface area contributed by atoms with E-state index in [1.807, 2.05) is 24.3 Å². The summed E-state index contributed by atoms with van der Waals surface area (Å²) in [4.78, 5) is 0. The fourth-order valence-electron chi connectivity index (χ4n) is 3.47. The summed E-state index contributed by atoms with van der Waals surface area (Å²) in [6.45, 7) is 0. The molecule has 24 heavy (non-hydrogen) atoms. The number of rotatable bonds is 0. The van der Waals surface area contributed by atoms with Crippen LogP contribution in [0.2, 0.25) is 0 Å². The van der Waals surface area contributed by atoms with E-state index >= 15 is 0 Å². The Kier molecular flexibility index (Phi) is 4.62. The summed E-state index contributed by atoms with van der Waals surface area (Å²) in [6.07, 6.45) is 2.48. The van der Waals surface area contributed by atoms with Gasteiger partial charge in [0.05, 0.1) is 35.5 Å². The lowest BCUT2D eigenvalue weighted by Crippen LogP contribution is -1.91. The highest BCUT2D eigenvalue weighted by Gasteiger charge is 2.22. The van der Waals surface area contributed by atoms with Crippen LogP contribution in [0, 0.1) is 22.7 Å². The number of nitriles is 2. The van der Waals surface area contributed by atoms with Crippen LogP contribution in [0.5, 0.6) is 0 Å². The summed E-state index contributed by atoms with van der Waals surface area (Å²) in [6, 6.07) is 15.3. The average Bonchev–Trinajstić information content (AvgIpc) is 3.19. The highest BCUT2D eigenvalue weighted by atomic mass is 16.3. The normalized spacial score (nSPS) is 20.2. The number of aliphatic hydroxyl groups excluding tert-OH is 2. The van der Waals surface area contributed by atoms with Crippen LogP contribution in [0.25, 0.3) is 0 Å². The zero-order valence-corrected chi connectivity index (χ0v) is 13.2. The molecule has 4 heteroatoms. The third-order valence-corrected chi connectivity index (χ3v) is 4.72. The van der Waals surface area contributed by atoms with Crippen LogP contribution in [0.4, 0.5) is 0 Å². The molecule has 2 aliphatic carbocycles. The van der Waals surface area contributed by atoms with E-state index in [1.54, 1.807) is 12.1 Å². The Morgan fingerprint density at radius 2 is 1.17 bits per heavy atom. The van der Waals surface area contributed by atoms with Gasteiger partial charge in [-0.3, -0.25) is 0 Å². The van der Waals surface area contributed by atoms with Crippen LogP contribution >= 0.6 is 0 Å². The van der Waals surface area contributed by atoms with Gasteiger partial charge in [0, 0.05) is 0 Å². The van der Waals surface area contributed by atoms with Gasteiger partial charge in [0.25, 0.3) is 0 Å². The zero-order chi connectivity index (χ0) is 17.1. The molecular formula is C20H18N2O2. The highest BCUT2D eigenvalue weighted by Crippen LogP contribution is 2.33. The first-order chi connectivity index (χ1) is 11.7. The first-order valence-electron chi connectivity index (χ1n) is 8.05. The molecular weight excluding hydrogens is 300 g/mol. The van der Waals surface area contributed by atoms with Gasteiger partial charge in [-0.05, 0) is 60.1 Å². The fourth-order valence-corrected chi connectivity index (χ4v) is 3.47. The lowest BCUT2D eigenvalue weighted by atomic mass is 10.0. The Hall–Kier alpha value is -2.66. The Labute approximate surface area is 141 Å². The number of benzene rings is 2. The van der Waals surface area contributed by atoms with Gasteiger partial charge in [0.1, 0.15) is 0 Å². The fraction of sp³-hybridized carbons (Fsp3) is 0.300. The van der Waals surface area contributed by atoms with Gasteiger partial charge in [-0.2, -0.15) is 10.5 Å². The molecule has 0 heterocycles. The van der Waals surface area contributed by atoms with Crippen LogP contribution in [0.15, 0.2) is 36.4 Å². The van der Waals surface area contributed by atoms with E-state index in [2.05, 4.69) is 12.1 Å². The highest BCUT2D eigenvalue weighted by molar-refractivity contribution is 5.47. The van der Waals surface area contributed by atoms with E-state index in [0.717, 1.165) is 47.9 Å². The standard InChI is InChI=1S/2C10H9NO/c2*11-6-7-2-1-3-9-8(7)4-5-10(9)12/h2*1-3,10,12H,4-5H2. The molecule has 0 aliphatic heterocycles. The van der Waals surface area contributed by atoms with Gasteiger partial charge >= 0.3 is 0 Å². The molecule has 120 valence electrons. The lowest BCUT2D eigenvalue weighted by Gasteiger charge is -2.02. The molecule has 0 spiro atoms. The number of hydrogen-bond donors (Lipinski definition) is 2. The maximum absolute atomic E-state index is 9.49. The number of hydrogen-bond acceptors (Lipinski definition) is 4. The van der Waals surface area contributed by atoms with Crippen LogP contribution in [0.3, 0.4) is 0 Å². The molecule has 0 fully saturated rings. The molecule has 2 aliphatic rings. The monoisotopic (exact) mass is 318 g/mol. The van der Waals surface area contributed by atoms with Crippen LogP contribution < -0.4 is 0 Å². The second-order valence-electron chi connectivity index (χ2n) is 6.08. The second-order valence-corrected chi connectivity index (χ2v) is 6.08. The van der Waals surface area contributed by atoms with Crippen LogP contribution in [0.1, 0.15) is 58.4 Å². The number of nitrogens with zero attached hydrogens (tertiary/aromatic N) is 2. The predicted molar refractivity (Wildman–Crippen MR) is 88.9 cm³/mol. The first kappa shape index (κ1) is 16.2. The summed E-state index contributed by atoms with van der Waals surface area (Å²) in [5.74, 6) is 0. The van der Waals surface area contributed by atoms with E-state index in [1.165, 1.54) is 0 Å². The smallest absolute Gasteiger partial charge is 0.0994 e. The van der Waals surface area contributed by atoms with Crippen LogP contribution in [-0.4, -0.2) is 10.2 Å². The number of aliphatic hydroxyl groups is 2. The minimum Gasteiger partial charge on any atom is -0.388 e. The van der Waals surface area contributed by atoms with Crippen molar-refractivity contribution < 1.29 is 10.2 Å². The largest absolute Gasteiger partial charge is 0.388 e. The third-order valence-electron chi connectivity index (χ3n) is 4.72. The van der Waals surface area contributed by atoms with Gasteiger partial charge in [-0.15, -0.1) is 0 Å². The molecule has 0 aromatic heterocycles. The van der Waals surface area contributed by atoms with E-state index in [0.29, 0.717) is 11.1 Å². The molecule has 0 saturated carbocycles. The van der Waals surface area contributed by atoms with E-state index < -0.39 is 0 Å². The predicted octanol–water partition coefficient (Wildman–Crippen LogP) is 3.08. The molecule has 4 nitrogen and oxygen atoms in total. The lowest BCUT2D eigenvalue weighted by molar-refractivity contribution is 0.179. The van der Waals surface area contributed by atoms with E-state index in [9.17, 15) is 10.2 Å². The molecule has 0 saturated heterocycles. The summed E-state index contributed by atoms with van der Waals surface area (Å²) in [7, 11) is 0. The van der Waals surface area contributed by atoms with Crippen molar-refractivity contribution in [3.05, 3.63) is 69.8 Å². The maximum Gasteiger partial charge on any atom is 0.0994 e. The topological polar surface area (TPSA) is 88.0 Å². The molecule has 2 atom stereocenters. The average molecular weight is 318 g/mol. The summed E-state index contributed by atoms with van der Waals surface area (Å²) in [5.41, 5.74) is 5.37. The SMILES string of the molecule is N#Cc1cccc2c1CCC2O.N#Cc1cccc2c1CCC2O. The minimum atomic E-state index is -0.353. The van der Waals surface area contributed by atoms with Gasteiger partial charge in [0.2, 0.25) is 0 Å². The van der Waals surface area contributed by atoms with E-state index in [4.69, 9.17) is 10.5 Å². The van der Waals surface area contributed by atoms with Gasteiger partial charge in [-0.25, -0.2) is 0 Å². The van der Waals surface area contributed by atoms with Crippen molar-refractivity contribution in [1.29, 1.82) is 10.5 Å². The summed E-state index contributed by atoms with van der Waals surface area (Å²) in [5, 5.41) is 36.5. The summed E-state index contributed by atoms with van der Waals surface area (Å²) < 4.78 is 0. The Balaban J connectivity index is 0.000000141. The van der Waals surface area contributed by atoms with Crippen LogP contribution in [-0.2, 0) is 12.8 Å². The Morgan fingerprint density at radius 1 is 0.750 bits per heavy atom. The minimum absolute atomic E-state index is 0.353. The van der Waals surface area contributed by atoms with Gasteiger partial charge in [0.15, 0.2) is 0 Å². The molecule has 0 bridgehead atoms. The quantitative estimate of drug-likeness (QED) is 0.781. The van der Waals surface area contributed by atoms with Crippen molar-refractivity contribution in [3.8, 4) is 12.1 Å². The van der Waals surface area contributed by atoms with Crippen molar-refractivity contribution >= 4 is 0 Å². The maximum atomic E-state index is 9.49. The van der Waals surface area contributed by atoms with Crippen molar-refractivity contribution in [1.82, 2.24) is 0 Å². The van der Waals surface area contributed by atoms with Crippen molar-refractivity contribution in [2.75, 3.05) is 0 Å². The molecule has 2 aromatic rings.